The largest absolute Gasteiger partial charge is 0.460 e. The maximum Gasteiger partial charge on any atom is 0.313 e. The summed E-state index contributed by atoms with van der Waals surface area (Å²) in [5, 5.41) is 0. The molecule has 2 aliphatic carbocycles. The molecule has 2 aromatic rings. The van der Waals surface area contributed by atoms with Crippen LogP contribution in [-0.2, 0) is 20.9 Å². The summed E-state index contributed by atoms with van der Waals surface area (Å²) in [6, 6.07) is 21.1. The molecule has 2 atom stereocenters. The second-order valence-electron chi connectivity index (χ2n) is 10.9. The van der Waals surface area contributed by atoms with Gasteiger partial charge in [0.25, 0.3) is 0 Å². The van der Waals surface area contributed by atoms with Crippen LogP contribution in [0.4, 0.5) is 0 Å². The van der Waals surface area contributed by atoms with Gasteiger partial charge in [-0.05, 0) is 56.3 Å². The molecular weight excluding hydrogens is 436 g/mol. The van der Waals surface area contributed by atoms with Gasteiger partial charge < -0.3 is 14.4 Å². The molecule has 3 fully saturated rings. The molecule has 0 N–H and O–H groups in total. The summed E-state index contributed by atoms with van der Waals surface area (Å²) >= 11 is 0. The second kappa shape index (κ2) is 10.6. The van der Waals surface area contributed by atoms with Gasteiger partial charge in [-0.1, -0.05) is 67.1 Å². The molecule has 1 unspecified atom stereocenters. The molecule has 0 spiro atoms. The fourth-order valence-electron chi connectivity index (χ4n) is 5.75. The van der Waals surface area contributed by atoms with E-state index in [-0.39, 0.29) is 16.8 Å². The first-order valence-corrected chi connectivity index (χ1v) is 13.1. The molecule has 5 heteroatoms. The van der Waals surface area contributed by atoms with Crippen LogP contribution in [-0.4, -0.2) is 56.5 Å². The zero-order chi connectivity index (χ0) is 24.1. The predicted molar refractivity (Wildman–Crippen MR) is 139 cm³/mol. The number of aliphatic imine (C=N–C) groups is 1. The lowest BCUT2D eigenvalue weighted by atomic mass is 9.68. The Morgan fingerprint density at radius 2 is 1.71 bits per heavy atom. The van der Waals surface area contributed by atoms with Crippen LogP contribution in [0.15, 0.2) is 65.7 Å². The molecule has 5 nitrogen and oxygen atoms in total. The molecular formula is C30H38N2O3. The molecule has 2 aromatic carbocycles. The quantitative estimate of drug-likeness (QED) is 0.348. The number of rotatable bonds is 10. The standard InChI is InChI=1S/C30H38N2O3/c1-34-23-29(21-31-27-19-26(27)25-11-6-3-7-12-25)15-17-32(18-16-29)22-30(13-8-14-30)28(33)35-20-24-9-4-2-5-10-24/h2-7,9-12,21,26-27H,8,13-20,22-23H2,1H3/b31-21+/t26?,27-/m1/s1. The minimum absolute atomic E-state index is 0.00429. The van der Waals surface area contributed by atoms with Crippen LogP contribution in [0.3, 0.4) is 0 Å². The highest BCUT2D eigenvalue weighted by atomic mass is 16.5. The lowest BCUT2D eigenvalue weighted by Gasteiger charge is -2.46. The SMILES string of the molecule is COCC1(/C=N/[C@@H]2CC2c2ccccc2)CCN(CC2(C(=O)OCc3ccccc3)CCC2)CC1. The number of likely N-dealkylation sites (tertiary alicyclic amines) is 1. The van der Waals surface area contributed by atoms with Crippen LogP contribution in [0.1, 0.15) is 55.6 Å². The average Bonchev–Trinajstić information content (AvgIpc) is 3.66. The van der Waals surface area contributed by atoms with Gasteiger partial charge in [-0.15, -0.1) is 0 Å². The summed E-state index contributed by atoms with van der Waals surface area (Å²) in [4.78, 5) is 20.6. The lowest BCUT2D eigenvalue weighted by molar-refractivity contribution is -0.165. The van der Waals surface area contributed by atoms with E-state index in [1.807, 2.05) is 30.3 Å². The fourth-order valence-corrected chi connectivity index (χ4v) is 5.75. The topological polar surface area (TPSA) is 51.1 Å². The maximum absolute atomic E-state index is 13.1. The predicted octanol–water partition coefficient (Wildman–Crippen LogP) is 5.26. The fraction of sp³-hybridized carbons (Fsp3) is 0.533. The molecule has 1 heterocycles. The van der Waals surface area contributed by atoms with Crippen molar-refractivity contribution in [2.75, 3.05) is 33.4 Å². The van der Waals surface area contributed by atoms with E-state index >= 15 is 0 Å². The third-order valence-corrected chi connectivity index (χ3v) is 8.29. The first kappa shape index (κ1) is 24.2. The highest BCUT2D eigenvalue weighted by Gasteiger charge is 2.48. The number of methoxy groups -OCH3 is 1. The van der Waals surface area contributed by atoms with E-state index in [1.165, 1.54) is 5.56 Å². The Morgan fingerprint density at radius 1 is 1.03 bits per heavy atom. The molecule has 0 amide bonds. The first-order valence-electron chi connectivity index (χ1n) is 13.1. The Morgan fingerprint density at radius 3 is 2.34 bits per heavy atom. The summed E-state index contributed by atoms with van der Waals surface area (Å²) in [6.45, 7) is 3.81. The van der Waals surface area contributed by atoms with Gasteiger partial charge in [0, 0.05) is 31.2 Å². The van der Waals surface area contributed by atoms with Gasteiger partial charge >= 0.3 is 5.97 Å². The Bertz CT molecular complexity index is 995. The highest BCUT2D eigenvalue weighted by molar-refractivity contribution is 5.78. The molecule has 1 saturated heterocycles. The van der Waals surface area contributed by atoms with Gasteiger partial charge in [0.05, 0.1) is 18.1 Å². The summed E-state index contributed by atoms with van der Waals surface area (Å²) in [6.07, 6.45) is 8.37. The van der Waals surface area contributed by atoms with Gasteiger partial charge in [-0.3, -0.25) is 9.79 Å². The minimum Gasteiger partial charge on any atom is -0.460 e. The minimum atomic E-state index is -0.332. The van der Waals surface area contributed by atoms with Crippen molar-refractivity contribution in [1.82, 2.24) is 4.90 Å². The van der Waals surface area contributed by atoms with E-state index in [9.17, 15) is 4.79 Å². The summed E-state index contributed by atoms with van der Waals surface area (Å²) in [5.41, 5.74) is 2.11. The van der Waals surface area contributed by atoms with Crippen LogP contribution in [0, 0.1) is 10.8 Å². The Balaban J connectivity index is 1.14. The number of hydrogen-bond acceptors (Lipinski definition) is 5. The van der Waals surface area contributed by atoms with Gasteiger partial charge in [0.2, 0.25) is 0 Å². The number of ether oxygens (including phenoxy) is 2. The first-order chi connectivity index (χ1) is 17.1. The van der Waals surface area contributed by atoms with Crippen LogP contribution in [0.2, 0.25) is 0 Å². The van der Waals surface area contributed by atoms with Gasteiger partial charge in [0.1, 0.15) is 6.61 Å². The number of hydrogen-bond donors (Lipinski definition) is 0. The van der Waals surface area contributed by atoms with Gasteiger partial charge in [-0.2, -0.15) is 0 Å². The van der Waals surface area contributed by atoms with Crippen LogP contribution in [0.5, 0.6) is 0 Å². The van der Waals surface area contributed by atoms with Crippen molar-refractivity contribution in [3.8, 4) is 0 Å². The number of nitrogens with zero attached hydrogens (tertiary/aromatic N) is 2. The molecule has 186 valence electrons. The van der Waals surface area contributed by atoms with Crippen LogP contribution >= 0.6 is 0 Å². The smallest absolute Gasteiger partial charge is 0.313 e. The number of carbonyl (C=O) groups is 1. The molecule has 0 bridgehead atoms. The van der Waals surface area contributed by atoms with Gasteiger partial charge in [-0.25, -0.2) is 0 Å². The number of piperidine rings is 1. The van der Waals surface area contributed by atoms with Crippen molar-refractivity contribution < 1.29 is 14.3 Å². The average molecular weight is 475 g/mol. The lowest BCUT2D eigenvalue weighted by Crippen LogP contribution is -2.52. The molecule has 1 aliphatic heterocycles. The van der Waals surface area contributed by atoms with Crippen molar-refractivity contribution in [3.63, 3.8) is 0 Å². The number of esters is 1. The van der Waals surface area contributed by atoms with Crippen molar-refractivity contribution in [2.45, 2.75) is 57.1 Å². The monoisotopic (exact) mass is 474 g/mol. The van der Waals surface area contributed by atoms with E-state index in [1.54, 1.807) is 7.11 Å². The Hall–Kier alpha value is -2.50. The normalized spacial score (nSPS) is 25.2. The van der Waals surface area contributed by atoms with E-state index in [0.29, 0.717) is 25.2 Å². The third-order valence-electron chi connectivity index (χ3n) is 8.29. The molecule has 5 rings (SSSR count). The van der Waals surface area contributed by atoms with Crippen molar-refractivity contribution in [3.05, 3.63) is 71.8 Å². The Kier molecular flexibility index (Phi) is 7.35. The van der Waals surface area contributed by atoms with Crippen molar-refractivity contribution >= 4 is 12.2 Å². The third kappa shape index (κ3) is 5.68. The van der Waals surface area contributed by atoms with Crippen LogP contribution in [0.25, 0.3) is 0 Å². The molecule has 35 heavy (non-hydrogen) atoms. The zero-order valence-electron chi connectivity index (χ0n) is 20.9. The van der Waals surface area contributed by atoms with E-state index in [2.05, 4.69) is 41.4 Å². The van der Waals surface area contributed by atoms with Crippen molar-refractivity contribution in [1.29, 1.82) is 0 Å². The zero-order valence-corrected chi connectivity index (χ0v) is 20.9. The summed E-state index contributed by atoms with van der Waals surface area (Å²) in [7, 11) is 1.79. The molecule has 2 saturated carbocycles. The summed E-state index contributed by atoms with van der Waals surface area (Å²) in [5.74, 6) is 0.538. The molecule has 0 aromatic heterocycles. The molecule has 0 radical (unpaired) electrons. The highest BCUT2D eigenvalue weighted by Crippen LogP contribution is 2.45. The summed E-state index contributed by atoms with van der Waals surface area (Å²) < 4.78 is 11.4. The second-order valence-corrected chi connectivity index (χ2v) is 10.9. The Labute approximate surface area is 209 Å². The van der Waals surface area contributed by atoms with Crippen molar-refractivity contribution in [2.24, 2.45) is 15.8 Å². The van der Waals surface area contributed by atoms with E-state index < -0.39 is 0 Å². The number of benzene rings is 2. The maximum atomic E-state index is 13.1. The van der Waals surface area contributed by atoms with E-state index in [4.69, 9.17) is 14.5 Å². The van der Waals surface area contributed by atoms with Crippen LogP contribution < -0.4 is 0 Å². The van der Waals surface area contributed by atoms with E-state index in [0.717, 1.165) is 63.7 Å². The molecule has 3 aliphatic rings. The van der Waals surface area contributed by atoms with Gasteiger partial charge in [0.15, 0.2) is 0 Å². The number of carbonyl (C=O) groups excluding carboxylic acids is 1.